The fraction of sp³-hybridized carbons (Fsp3) is 0.545. The number of sulfonamides is 1. The second kappa shape index (κ2) is 4.76. The van der Waals surface area contributed by atoms with Gasteiger partial charge in [-0.2, -0.15) is 4.31 Å². The predicted molar refractivity (Wildman–Crippen MR) is 69.4 cm³/mol. The first-order valence-corrected chi connectivity index (χ1v) is 7.44. The van der Waals surface area contributed by atoms with E-state index in [9.17, 15) is 23.6 Å². The van der Waals surface area contributed by atoms with E-state index in [1.807, 2.05) is 13.8 Å². The average Bonchev–Trinajstić information content (AvgIpc) is 2.34. The van der Waals surface area contributed by atoms with Gasteiger partial charge in [-0.05, 0) is 21.9 Å². The molecule has 1 fully saturated rings. The molecule has 0 atom stereocenters. The van der Waals surface area contributed by atoms with Crippen LogP contribution < -0.4 is 0 Å². The number of aliphatic hydroxyl groups is 1. The topological polar surface area (TPSA) is 114 Å². The van der Waals surface area contributed by atoms with Crippen molar-refractivity contribution < 1.29 is 18.4 Å². The van der Waals surface area contributed by atoms with Crippen LogP contribution in [0.2, 0.25) is 0 Å². The Morgan fingerprint density at radius 3 is 2.45 bits per heavy atom. The molecular weight excluding hydrogens is 286 g/mol. The molecule has 1 N–H and O–H groups in total. The minimum absolute atomic E-state index is 0.0178. The number of nitrogens with zero attached hydrogens (tertiary/aromatic N) is 3. The standard InChI is InChI=1S/C11H15N3O5S/c1-8(2)11(15)6-13(7-11)20(18,19)9-3-4-10(12-5-9)14(16)17/h3-5,8,15H,6-7H2,1-2H3. The minimum atomic E-state index is -3.76. The first-order chi connectivity index (χ1) is 9.17. The summed E-state index contributed by atoms with van der Waals surface area (Å²) in [5.41, 5.74) is -1.01. The Hall–Kier alpha value is -1.58. The fourth-order valence-electron chi connectivity index (χ4n) is 1.88. The van der Waals surface area contributed by atoms with Crippen LogP contribution in [0.5, 0.6) is 0 Å². The molecule has 0 radical (unpaired) electrons. The summed E-state index contributed by atoms with van der Waals surface area (Å²) >= 11 is 0. The maximum atomic E-state index is 12.2. The number of hydrogen-bond donors (Lipinski definition) is 1. The lowest BCUT2D eigenvalue weighted by atomic mass is 9.85. The summed E-state index contributed by atoms with van der Waals surface area (Å²) in [6.45, 7) is 3.67. The van der Waals surface area contributed by atoms with Gasteiger partial charge in [0.25, 0.3) is 0 Å². The zero-order chi connectivity index (χ0) is 15.1. The molecule has 2 heterocycles. The minimum Gasteiger partial charge on any atom is -0.387 e. The van der Waals surface area contributed by atoms with Crippen LogP contribution in [-0.2, 0) is 10.0 Å². The Balaban J connectivity index is 2.19. The number of aromatic nitrogens is 1. The molecule has 0 aliphatic carbocycles. The molecule has 9 heteroatoms. The number of hydrogen-bond acceptors (Lipinski definition) is 6. The van der Waals surface area contributed by atoms with Gasteiger partial charge in [0.05, 0.1) is 5.60 Å². The first kappa shape index (κ1) is 14.8. The van der Waals surface area contributed by atoms with E-state index in [-0.39, 0.29) is 23.9 Å². The molecule has 1 saturated heterocycles. The van der Waals surface area contributed by atoms with Gasteiger partial charge in [-0.1, -0.05) is 13.8 Å². The van der Waals surface area contributed by atoms with Crippen molar-refractivity contribution in [2.45, 2.75) is 24.3 Å². The van der Waals surface area contributed by atoms with Gasteiger partial charge in [0.2, 0.25) is 10.0 Å². The van der Waals surface area contributed by atoms with E-state index >= 15 is 0 Å². The normalized spacial score (nSPS) is 18.8. The third kappa shape index (κ3) is 2.39. The highest BCUT2D eigenvalue weighted by Crippen LogP contribution is 2.33. The Morgan fingerprint density at radius 2 is 2.05 bits per heavy atom. The SMILES string of the molecule is CC(C)C1(O)CN(S(=O)(=O)c2ccc([N+](=O)[O-])nc2)C1. The molecule has 0 saturated carbocycles. The smallest absolute Gasteiger partial charge is 0.363 e. The van der Waals surface area contributed by atoms with Crippen LogP contribution in [0, 0.1) is 16.0 Å². The number of pyridine rings is 1. The van der Waals surface area contributed by atoms with E-state index in [2.05, 4.69) is 4.98 Å². The molecule has 8 nitrogen and oxygen atoms in total. The second-order valence-corrected chi connectivity index (χ2v) is 7.08. The summed E-state index contributed by atoms with van der Waals surface area (Å²) < 4.78 is 25.6. The quantitative estimate of drug-likeness (QED) is 0.635. The molecule has 20 heavy (non-hydrogen) atoms. The number of nitro groups is 1. The summed E-state index contributed by atoms with van der Waals surface area (Å²) in [7, 11) is -3.76. The largest absolute Gasteiger partial charge is 0.387 e. The molecule has 0 aromatic carbocycles. The summed E-state index contributed by atoms with van der Waals surface area (Å²) in [5.74, 6) is -0.463. The lowest BCUT2D eigenvalue weighted by Gasteiger charge is -2.47. The molecule has 0 spiro atoms. The number of β-amino-alcohol motifs (C(OH)–C–C–N with tert-alkyl or cyclic N) is 1. The van der Waals surface area contributed by atoms with Crippen molar-refractivity contribution in [3.8, 4) is 0 Å². The van der Waals surface area contributed by atoms with Gasteiger partial charge < -0.3 is 15.2 Å². The van der Waals surface area contributed by atoms with E-state index in [0.717, 1.165) is 22.6 Å². The number of rotatable bonds is 4. The van der Waals surface area contributed by atoms with Crippen molar-refractivity contribution in [1.29, 1.82) is 0 Å². The summed E-state index contributed by atoms with van der Waals surface area (Å²) in [4.78, 5) is 13.1. The molecule has 0 amide bonds. The Morgan fingerprint density at radius 1 is 1.45 bits per heavy atom. The molecule has 0 bridgehead atoms. The van der Waals surface area contributed by atoms with Crippen molar-refractivity contribution in [2.24, 2.45) is 5.92 Å². The predicted octanol–water partition coefficient (Wildman–Crippen LogP) is 0.381. The summed E-state index contributed by atoms with van der Waals surface area (Å²) in [6, 6.07) is 2.19. The van der Waals surface area contributed by atoms with Crippen LogP contribution in [0.3, 0.4) is 0 Å². The Kier molecular flexibility index (Phi) is 3.53. The molecule has 0 unspecified atom stereocenters. The van der Waals surface area contributed by atoms with Crippen molar-refractivity contribution >= 4 is 15.8 Å². The van der Waals surface area contributed by atoms with E-state index in [4.69, 9.17) is 0 Å². The zero-order valence-electron chi connectivity index (χ0n) is 11.1. The highest BCUT2D eigenvalue weighted by Gasteiger charge is 2.49. The summed E-state index contributed by atoms with van der Waals surface area (Å²) in [5, 5.41) is 20.5. The van der Waals surface area contributed by atoms with Gasteiger partial charge in [-0.3, -0.25) is 0 Å². The Labute approximate surface area is 116 Å². The van der Waals surface area contributed by atoms with Gasteiger partial charge in [-0.15, -0.1) is 0 Å². The van der Waals surface area contributed by atoms with Crippen LogP contribution in [0.4, 0.5) is 5.82 Å². The van der Waals surface area contributed by atoms with Gasteiger partial charge in [0.15, 0.2) is 6.20 Å². The van der Waals surface area contributed by atoms with Crippen molar-refractivity contribution in [1.82, 2.24) is 9.29 Å². The van der Waals surface area contributed by atoms with Gasteiger partial charge in [0.1, 0.15) is 4.90 Å². The lowest BCUT2D eigenvalue weighted by Crippen LogP contribution is -2.65. The molecule has 1 aliphatic rings. The van der Waals surface area contributed by atoms with Crippen LogP contribution in [0.15, 0.2) is 23.2 Å². The van der Waals surface area contributed by atoms with Crippen molar-refractivity contribution in [3.05, 3.63) is 28.4 Å². The third-order valence-corrected chi connectivity index (χ3v) is 5.30. The maximum absolute atomic E-state index is 12.2. The second-order valence-electron chi connectivity index (χ2n) is 5.14. The Bertz CT molecular complexity index is 620. The van der Waals surface area contributed by atoms with Crippen molar-refractivity contribution in [3.63, 3.8) is 0 Å². The molecular formula is C11H15N3O5S. The lowest BCUT2D eigenvalue weighted by molar-refractivity contribution is -0.389. The molecule has 1 aliphatic heterocycles. The highest BCUT2D eigenvalue weighted by atomic mass is 32.2. The third-order valence-electron chi connectivity index (χ3n) is 3.52. The van der Waals surface area contributed by atoms with E-state index in [1.54, 1.807) is 0 Å². The van der Waals surface area contributed by atoms with Crippen LogP contribution >= 0.6 is 0 Å². The van der Waals surface area contributed by atoms with E-state index < -0.39 is 26.4 Å². The average molecular weight is 301 g/mol. The summed E-state index contributed by atoms with van der Waals surface area (Å²) in [6.07, 6.45) is 0.959. The van der Waals surface area contributed by atoms with Gasteiger partial charge in [0, 0.05) is 19.2 Å². The highest BCUT2D eigenvalue weighted by molar-refractivity contribution is 7.89. The van der Waals surface area contributed by atoms with Crippen LogP contribution in [0.25, 0.3) is 0 Å². The van der Waals surface area contributed by atoms with E-state index in [0.29, 0.717) is 0 Å². The van der Waals surface area contributed by atoms with Crippen molar-refractivity contribution in [2.75, 3.05) is 13.1 Å². The fourth-order valence-corrected chi connectivity index (χ4v) is 3.39. The molecule has 2 rings (SSSR count). The van der Waals surface area contributed by atoms with E-state index in [1.165, 1.54) is 0 Å². The monoisotopic (exact) mass is 301 g/mol. The van der Waals surface area contributed by atoms with Crippen LogP contribution in [0.1, 0.15) is 13.8 Å². The molecule has 1 aromatic rings. The molecule has 110 valence electrons. The zero-order valence-corrected chi connectivity index (χ0v) is 11.9. The van der Waals surface area contributed by atoms with Crippen LogP contribution in [-0.4, -0.2) is 46.4 Å². The molecule has 1 aromatic heterocycles. The van der Waals surface area contributed by atoms with Gasteiger partial charge >= 0.3 is 5.82 Å². The maximum Gasteiger partial charge on any atom is 0.363 e. The first-order valence-electron chi connectivity index (χ1n) is 6.00. The van der Waals surface area contributed by atoms with Gasteiger partial charge in [-0.25, -0.2) is 8.42 Å².